The molecular weight excluding hydrogens is 573 g/mol. The molecule has 3 N–H and O–H groups in total. The van der Waals surface area contributed by atoms with Crippen LogP contribution in [0.2, 0.25) is 0 Å². The van der Waals surface area contributed by atoms with Gasteiger partial charge in [0.2, 0.25) is 11.9 Å². The second-order valence-corrected chi connectivity index (χ2v) is 12.2. The van der Waals surface area contributed by atoms with Crippen LogP contribution < -0.4 is 16.0 Å². The minimum Gasteiger partial charge on any atom is -0.366 e. The number of hydrogen-bond acceptors (Lipinski definition) is 8. The molecule has 242 valence electrons. The van der Waals surface area contributed by atoms with E-state index in [1.807, 2.05) is 21.1 Å². The maximum absolute atomic E-state index is 13.9. The topological polar surface area (TPSA) is 106 Å². The molecule has 2 heterocycles. The van der Waals surface area contributed by atoms with Crippen LogP contribution in [0, 0.1) is 5.92 Å². The van der Waals surface area contributed by atoms with Crippen molar-refractivity contribution in [3.63, 3.8) is 0 Å². The molecule has 44 heavy (non-hydrogen) atoms. The van der Waals surface area contributed by atoms with Crippen LogP contribution in [-0.2, 0) is 11.0 Å². The van der Waals surface area contributed by atoms with Crippen LogP contribution in [0.5, 0.6) is 0 Å². The predicted octanol–water partition coefficient (Wildman–Crippen LogP) is 4.44. The first kappa shape index (κ1) is 33.4. The molecule has 4 rings (SSSR count). The van der Waals surface area contributed by atoms with Crippen LogP contribution in [0.1, 0.15) is 60.9 Å². The van der Waals surface area contributed by atoms with Crippen molar-refractivity contribution < 1.29 is 22.8 Å². The number of piperidine rings is 1. The normalized spacial score (nSPS) is 19.6. The number of anilines is 3. The maximum atomic E-state index is 13.9. The lowest BCUT2D eigenvalue weighted by atomic mass is 10.0. The summed E-state index contributed by atoms with van der Waals surface area (Å²) in [6.45, 7) is 3.35. The van der Waals surface area contributed by atoms with Gasteiger partial charge in [-0.15, -0.1) is 0 Å². The van der Waals surface area contributed by atoms with Crippen molar-refractivity contribution in [2.24, 2.45) is 5.92 Å². The molecular formula is C31H45F3N8O2. The van der Waals surface area contributed by atoms with Crippen molar-refractivity contribution in [3.05, 3.63) is 41.6 Å². The third kappa shape index (κ3) is 9.04. The van der Waals surface area contributed by atoms with E-state index in [0.29, 0.717) is 30.6 Å². The molecule has 1 saturated heterocycles. The summed E-state index contributed by atoms with van der Waals surface area (Å²) in [6.07, 6.45) is 1.57. The average Bonchev–Trinajstić information content (AvgIpc) is 3.44. The van der Waals surface area contributed by atoms with Gasteiger partial charge in [0, 0.05) is 43.1 Å². The monoisotopic (exact) mass is 618 g/mol. The second kappa shape index (κ2) is 15.0. The molecule has 1 aromatic heterocycles. The molecule has 2 atom stereocenters. The summed E-state index contributed by atoms with van der Waals surface area (Å²) in [5.74, 6) is -1.07. The third-order valence-electron chi connectivity index (χ3n) is 8.54. The minimum atomic E-state index is -4.68. The molecule has 1 saturated carbocycles. The fourth-order valence-electron chi connectivity index (χ4n) is 5.85. The zero-order chi connectivity index (χ0) is 31.9. The van der Waals surface area contributed by atoms with Gasteiger partial charge in [-0.2, -0.15) is 18.2 Å². The van der Waals surface area contributed by atoms with Crippen molar-refractivity contribution in [3.8, 4) is 0 Å². The lowest BCUT2D eigenvalue weighted by molar-refractivity contribution is -0.137. The number of alkyl halides is 3. The first-order valence-corrected chi connectivity index (χ1v) is 15.4. The number of hydrogen-bond donors (Lipinski definition) is 3. The fraction of sp³-hybridized carbons (Fsp3) is 0.613. The Morgan fingerprint density at radius 1 is 1.02 bits per heavy atom. The molecule has 2 fully saturated rings. The highest BCUT2D eigenvalue weighted by molar-refractivity contribution is 5.94. The van der Waals surface area contributed by atoms with E-state index in [1.165, 1.54) is 0 Å². The fourth-order valence-corrected chi connectivity index (χ4v) is 5.85. The zero-order valence-electron chi connectivity index (χ0n) is 26.1. The Morgan fingerprint density at radius 2 is 1.73 bits per heavy atom. The van der Waals surface area contributed by atoms with Crippen molar-refractivity contribution >= 4 is 29.3 Å². The Morgan fingerprint density at radius 3 is 2.39 bits per heavy atom. The summed E-state index contributed by atoms with van der Waals surface area (Å²) >= 11 is 0. The van der Waals surface area contributed by atoms with Gasteiger partial charge in [0.15, 0.2) is 0 Å². The van der Waals surface area contributed by atoms with Gasteiger partial charge in [-0.1, -0.05) is 6.42 Å². The van der Waals surface area contributed by atoms with E-state index < -0.39 is 23.7 Å². The number of unbranched alkanes of at least 4 members (excludes halogenated alkanes) is 1. The third-order valence-corrected chi connectivity index (χ3v) is 8.54. The van der Waals surface area contributed by atoms with Gasteiger partial charge < -0.3 is 30.7 Å². The molecule has 1 aliphatic heterocycles. The standard InChI is InChI=1S/C31H45F3N8O2/c1-40(2)17-6-5-16-35-28(43)24-8-7-9-26(24)38-27-25(31(32,33)34)20-36-30(39-27)37-22-12-10-21(11-13-22)29(44)42(4)23-14-18-41(3)19-15-23/h10-13,20,23-24,26H,5-9,14-19H2,1-4H3,(H,35,43)(H2,36,37,38,39)/t24-,26+/m0/s1. The quantitative estimate of drug-likeness (QED) is 0.300. The summed E-state index contributed by atoms with van der Waals surface area (Å²) in [4.78, 5) is 40.1. The van der Waals surface area contributed by atoms with Gasteiger partial charge in [-0.05, 0) is 104 Å². The van der Waals surface area contributed by atoms with Crippen LogP contribution in [0.15, 0.2) is 30.5 Å². The molecule has 10 nitrogen and oxygen atoms in total. The van der Waals surface area contributed by atoms with E-state index in [0.717, 1.165) is 57.9 Å². The number of rotatable bonds is 12. The molecule has 1 aromatic carbocycles. The Balaban J connectivity index is 1.41. The Kier molecular flexibility index (Phi) is 11.4. The van der Waals surface area contributed by atoms with Crippen LogP contribution in [-0.4, -0.2) is 103 Å². The molecule has 2 aromatic rings. The van der Waals surface area contributed by atoms with Gasteiger partial charge in [0.25, 0.3) is 5.91 Å². The minimum absolute atomic E-state index is 0.0251. The summed E-state index contributed by atoms with van der Waals surface area (Å²) < 4.78 is 41.7. The number of likely N-dealkylation sites (tertiary alicyclic amines) is 1. The van der Waals surface area contributed by atoms with Gasteiger partial charge in [-0.3, -0.25) is 9.59 Å². The van der Waals surface area contributed by atoms with Gasteiger partial charge >= 0.3 is 6.18 Å². The summed E-state index contributed by atoms with van der Waals surface area (Å²) in [6, 6.07) is 6.43. The highest BCUT2D eigenvalue weighted by Crippen LogP contribution is 2.37. The lowest BCUT2D eigenvalue weighted by Crippen LogP contribution is -2.44. The number of nitrogens with one attached hydrogen (secondary N) is 3. The van der Waals surface area contributed by atoms with Gasteiger partial charge in [-0.25, -0.2) is 4.98 Å². The maximum Gasteiger partial charge on any atom is 0.421 e. The summed E-state index contributed by atoms with van der Waals surface area (Å²) in [5.41, 5.74) is 0.0631. The number of nitrogens with zero attached hydrogens (tertiary/aromatic N) is 5. The zero-order valence-corrected chi connectivity index (χ0v) is 26.1. The van der Waals surface area contributed by atoms with Crippen LogP contribution in [0.25, 0.3) is 0 Å². The van der Waals surface area contributed by atoms with Crippen molar-refractivity contribution in [2.75, 3.05) is 65.0 Å². The number of halogens is 3. The molecule has 1 aliphatic carbocycles. The van der Waals surface area contributed by atoms with E-state index in [-0.39, 0.29) is 29.6 Å². The molecule has 0 unspecified atom stereocenters. The van der Waals surface area contributed by atoms with Crippen LogP contribution >= 0.6 is 0 Å². The van der Waals surface area contributed by atoms with E-state index >= 15 is 0 Å². The first-order valence-electron chi connectivity index (χ1n) is 15.4. The average molecular weight is 619 g/mol. The lowest BCUT2D eigenvalue weighted by Gasteiger charge is -2.35. The number of carbonyl (C=O) groups is 2. The second-order valence-electron chi connectivity index (χ2n) is 12.2. The Hall–Kier alpha value is -3.45. The van der Waals surface area contributed by atoms with E-state index in [1.54, 1.807) is 29.2 Å². The van der Waals surface area contributed by atoms with Crippen LogP contribution in [0.3, 0.4) is 0 Å². The smallest absolute Gasteiger partial charge is 0.366 e. The van der Waals surface area contributed by atoms with Gasteiger partial charge in [0.1, 0.15) is 11.4 Å². The largest absolute Gasteiger partial charge is 0.421 e. The number of aromatic nitrogens is 2. The Labute approximate surface area is 257 Å². The number of benzene rings is 1. The molecule has 2 aliphatic rings. The first-order chi connectivity index (χ1) is 20.9. The van der Waals surface area contributed by atoms with E-state index in [2.05, 4.69) is 42.8 Å². The number of carbonyl (C=O) groups excluding carboxylic acids is 2. The predicted molar refractivity (Wildman–Crippen MR) is 165 cm³/mol. The van der Waals surface area contributed by atoms with E-state index in [9.17, 15) is 22.8 Å². The highest BCUT2D eigenvalue weighted by Gasteiger charge is 2.39. The van der Waals surface area contributed by atoms with Crippen molar-refractivity contribution in [1.82, 2.24) is 30.0 Å². The summed E-state index contributed by atoms with van der Waals surface area (Å²) in [7, 11) is 7.88. The molecule has 2 amide bonds. The molecule has 0 radical (unpaired) electrons. The highest BCUT2D eigenvalue weighted by atomic mass is 19.4. The SMILES string of the molecule is CN(C)CCCCNC(=O)[C@H]1CCC[C@H]1Nc1nc(Nc2ccc(C(=O)N(C)C3CCN(C)CC3)cc2)ncc1C(F)(F)F. The van der Waals surface area contributed by atoms with Crippen molar-refractivity contribution in [2.45, 2.75) is 63.2 Å². The van der Waals surface area contributed by atoms with Crippen LogP contribution in [0.4, 0.5) is 30.6 Å². The summed E-state index contributed by atoms with van der Waals surface area (Å²) in [5, 5.41) is 8.83. The van der Waals surface area contributed by atoms with Crippen molar-refractivity contribution in [1.29, 1.82) is 0 Å². The van der Waals surface area contributed by atoms with Gasteiger partial charge in [0.05, 0.1) is 5.92 Å². The number of amides is 2. The molecule has 0 spiro atoms. The molecule has 13 heteroatoms. The van der Waals surface area contributed by atoms with E-state index in [4.69, 9.17) is 0 Å². The molecule has 0 bridgehead atoms. The Bertz CT molecular complexity index is 1250.